The number of carboxylic acid groups (broad SMARTS) is 1. The van der Waals surface area contributed by atoms with Gasteiger partial charge in [0, 0.05) is 5.92 Å². The Hall–Kier alpha value is -2.08. The minimum Gasteiger partial charge on any atom is -0.478 e. The van der Waals surface area contributed by atoms with E-state index in [1.807, 2.05) is 30.3 Å². The van der Waals surface area contributed by atoms with Crippen LogP contribution < -0.4 is 5.32 Å². The summed E-state index contributed by atoms with van der Waals surface area (Å²) in [6.45, 7) is 6.79. The predicted molar refractivity (Wildman–Crippen MR) is 81.2 cm³/mol. The maximum Gasteiger partial charge on any atom is 0.410 e. The van der Waals surface area contributed by atoms with Crippen LogP contribution in [0, 0.1) is 5.92 Å². The number of carbonyl (C=O) groups excluding carboxylic acids is 1. The molecule has 1 rings (SSSR count). The van der Waals surface area contributed by atoms with Gasteiger partial charge in [-0.3, -0.25) is 5.32 Å². The molecule has 1 atom stereocenters. The number of carbonyl (C=O) groups is 2. The summed E-state index contributed by atoms with van der Waals surface area (Å²) >= 11 is 0. The maximum absolute atomic E-state index is 11.9. The lowest BCUT2D eigenvalue weighted by molar-refractivity contribution is -0.186. The molecule has 6 heteroatoms. The fraction of sp³-hybridized carbons (Fsp3) is 0.500. The second-order valence-electron chi connectivity index (χ2n) is 5.55. The number of hydrogen-bond acceptors (Lipinski definition) is 4. The van der Waals surface area contributed by atoms with E-state index in [2.05, 4.69) is 5.32 Å². The van der Waals surface area contributed by atoms with E-state index in [4.69, 9.17) is 9.47 Å². The van der Waals surface area contributed by atoms with Crippen molar-refractivity contribution in [2.45, 2.75) is 46.1 Å². The molecule has 0 saturated heterocycles. The van der Waals surface area contributed by atoms with E-state index in [0.29, 0.717) is 0 Å². The van der Waals surface area contributed by atoms with Crippen LogP contribution in [-0.4, -0.2) is 29.0 Å². The van der Waals surface area contributed by atoms with E-state index in [0.717, 1.165) is 5.56 Å². The lowest BCUT2D eigenvalue weighted by atomic mass is 9.99. The fourth-order valence-electron chi connectivity index (χ4n) is 1.94. The first-order chi connectivity index (χ1) is 10.3. The maximum atomic E-state index is 11.9. The molecule has 6 nitrogen and oxygen atoms in total. The van der Waals surface area contributed by atoms with Crippen LogP contribution in [0.2, 0.25) is 0 Å². The Balaban J connectivity index is 2.76. The summed E-state index contributed by atoms with van der Waals surface area (Å²) < 4.78 is 10.5. The molecule has 1 aromatic rings. The predicted octanol–water partition coefficient (Wildman–Crippen LogP) is 2.77. The monoisotopic (exact) mass is 309 g/mol. The number of alkyl carbamates (subject to hydrolysis) is 1. The van der Waals surface area contributed by atoms with Gasteiger partial charge in [0.2, 0.25) is 5.72 Å². The Bertz CT molecular complexity index is 501. The number of ether oxygens (including phenoxy) is 2. The summed E-state index contributed by atoms with van der Waals surface area (Å²) in [6.07, 6.45) is -1.20. The van der Waals surface area contributed by atoms with Crippen molar-refractivity contribution < 1.29 is 24.2 Å². The van der Waals surface area contributed by atoms with Gasteiger partial charge >= 0.3 is 12.1 Å². The highest BCUT2D eigenvalue weighted by Gasteiger charge is 2.46. The Labute approximate surface area is 130 Å². The quantitative estimate of drug-likeness (QED) is 0.757. The second-order valence-corrected chi connectivity index (χ2v) is 5.55. The molecule has 0 aromatic heterocycles. The highest BCUT2D eigenvalue weighted by atomic mass is 16.6. The van der Waals surface area contributed by atoms with Crippen molar-refractivity contribution in [3.05, 3.63) is 35.9 Å². The van der Waals surface area contributed by atoms with Crippen molar-refractivity contribution in [1.29, 1.82) is 0 Å². The van der Waals surface area contributed by atoms with Crippen LogP contribution in [0.5, 0.6) is 0 Å². The molecule has 1 unspecified atom stereocenters. The van der Waals surface area contributed by atoms with E-state index in [1.165, 1.54) is 0 Å². The Morgan fingerprint density at radius 3 is 2.23 bits per heavy atom. The van der Waals surface area contributed by atoms with Crippen LogP contribution in [0.3, 0.4) is 0 Å². The van der Waals surface area contributed by atoms with Crippen LogP contribution in [0.25, 0.3) is 0 Å². The van der Waals surface area contributed by atoms with Crippen molar-refractivity contribution in [3.8, 4) is 0 Å². The van der Waals surface area contributed by atoms with Gasteiger partial charge in [-0.2, -0.15) is 0 Å². The van der Waals surface area contributed by atoms with Gasteiger partial charge in [0.1, 0.15) is 6.61 Å². The summed E-state index contributed by atoms with van der Waals surface area (Å²) in [5, 5.41) is 11.8. The summed E-state index contributed by atoms with van der Waals surface area (Å²) in [6, 6.07) is 9.13. The molecular formula is C16H23NO5. The molecule has 122 valence electrons. The Morgan fingerprint density at radius 1 is 1.18 bits per heavy atom. The fourth-order valence-corrected chi connectivity index (χ4v) is 1.94. The molecule has 1 aromatic carbocycles. The van der Waals surface area contributed by atoms with Crippen molar-refractivity contribution in [2.75, 3.05) is 0 Å². The third kappa shape index (κ3) is 4.73. The van der Waals surface area contributed by atoms with Gasteiger partial charge in [-0.1, -0.05) is 44.2 Å². The number of benzene rings is 1. The molecule has 0 aliphatic carbocycles. The van der Waals surface area contributed by atoms with E-state index in [1.54, 1.807) is 27.7 Å². The highest BCUT2D eigenvalue weighted by molar-refractivity contribution is 5.83. The molecule has 0 aliphatic heterocycles. The van der Waals surface area contributed by atoms with E-state index >= 15 is 0 Å². The average Bonchev–Trinajstić information content (AvgIpc) is 2.44. The molecule has 0 aliphatic rings. The van der Waals surface area contributed by atoms with Crippen LogP contribution in [0.1, 0.15) is 33.3 Å². The first-order valence-electron chi connectivity index (χ1n) is 7.18. The lowest BCUT2D eigenvalue weighted by Crippen LogP contribution is -2.61. The topological polar surface area (TPSA) is 84.9 Å². The molecule has 0 fully saturated rings. The SMILES string of the molecule is CC(C)OC(NC(=O)OCc1ccccc1)(C(=O)O)C(C)C. The standard InChI is InChI=1S/C16H23NO5/c1-11(2)16(14(18)19,22-12(3)4)17-15(20)21-10-13-8-6-5-7-9-13/h5-9,11-12H,10H2,1-4H3,(H,17,20)(H,18,19). The third-order valence-corrected chi connectivity index (χ3v) is 3.05. The minimum atomic E-state index is -1.82. The largest absolute Gasteiger partial charge is 0.478 e. The summed E-state index contributed by atoms with van der Waals surface area (Å²) in [5.41, 5.74) is -1.00. The zero-order valence-electron chi connectivity index (χ0n) is 13.3. The van der Waals surface area contributed by atoms with Crippen LogP contribution in [0.15, 0.2) is 30.3 Å². The van der Waals surface area contributed by atoms with Crippen molar-refractivity contribution in [2.24, 2.45) is 5.92 Å². The van der Waals surface area contributed by atoms with E-state index in [9.17, 15) is 14.7 Å². The molecule has 22 heavy (non-hydrogen) atoms. The smallest absolute Gasteiger partial charge is 0.410 e. The molecule has 0 bridgehead atoms. The second kappa shape index (κ2) is 7.79. The number of rotatable bonds is 7. The Morgan fingerprint density at radius 2 is 1.77 bits per heavy atom. The first kappa shape index (κ1) is 18.0. The van der Waals surface area contributed by atoms with Gasteiger partial charge in [0.15, 0.2) is 0 Å². The van der Waals surface area contributed by atoms with Crippen LogP contribution >= 0.6 is 0 Å². The van der Waals surface area contributed by atoms with Gasteiger partial charge in [-0.05, 0) is 19.4 Å². The van der Waals surface area contributed by atoms with Crippen LogP contribution in [0.4, 0.5) is 4.79 Å². The van der Waals surface area contributed by atoms with Crippen molar-refractivity contribution >= 4 is 12.1 Å². The van der Waals surface area contributed by atoms with Gasteiger partial charge in [0.25, 0.3) is 0 Å². The lowest BCUT2D eigenvalue weighted by Gasteiger charge is -2.35. The van der Waals surface area contributed by atoms with E-state index < -0.39 is 23.7 Å². The summed E-state index contributed by atoms with van der Waals surface area (Å²) in [7, 11) is 0. The number of aliphatic carboxylic acids is 1. The van der Waals surface area contributed by atoms with Gasteiger partial charge in [-0.25, -0.2) is 9.59 Å². The van der Waals surface area contributed by atoms with Gasteiger partial charge in [0.05, 0.1) is 6.10 Å². The zero-order valence-corrected chi connectivity index (χ0v) is 13.3. The zero-order chi connectivity index (χ0) is 16.8. The normalized spacial score (nSPS) is 13.7. The van der Waals surface area contributed by atoms with Crippen molar-refractivity contribution in [3.63, 3.8) is 0 Å². The molecule has 0 spiro atoms. The Kier molecular flexibility index (Phi) is 6.37. The molecular weight excluding hydrogens is 286 g/mol. The number of amides is 1. The number of hydrogen-bond donors (Lipinski definition) is 2. The van der Waals surface area contributed by atoms with Gasteiger partial charge in [-0.15, -0.1) is 0 Å². The molecule has 1 amide bonds. The molecule has 0 saturated carbocycles. The molecule has 0 radical (unpaired) electrons. The molecule has 2 N–H and O–H groups in total. The third-order valence-electron chi connectivity index (χ3n) is 3.05. The van der Waals surface area contributed by atoms with Gasteiger partial charge < -0.3 is 14.6 Å². The highest BCUT2D eigenvalue weighted by Crippen LogP contribution is 2.22. The number of carboxylic acids is 1. The van der Waals surface area contributed by atoms with Crippen LogP contribution in [-0.2, 0) is 20.9 Å². The summed E-state index contributed by atoms with van der Waals surface area (Å²) in [4.78, 5) is 23.6. The van der Waals surface area contributed by atoms with Crippen molar-refractivity contribution in [1.82, 2.24) is 5.32 Å². The van der Waals surface area contributed by atoms with E-state index in [-0.39, 0.29) is 12.7 Å². The average molecular weight is 309 g/mol. The molecule has 0 heterocycles. The summed E-state index contributed by atoms with van der Waals surface area (Å²) in [5.74, 6) is -1.73. The first-order valence-corrected chi connectivity index (χ1v) is 7.18. The number of nitrogens with one attached hydrogen (secondary N) is 1. The minimum absolute atomic E-state index is 0.0577.